The van der Waals surface area contributed by atoms with Crippen molar-refractivity contribution >= 4 is 27.4 Å². The quantitative estimate of drug-likeness (QED) is 0.864. The van der Waals surface area contributed by atoms with Gasteiger partial charge in [-0.05, 0) is 41.1 Å². The molecule has 18 heavy (non-hydrogen) atoms. The predicted molar refractivity (Wildman–Crippen MR) is 75.8 cm³/mol. The third kappa shape index (κ3) is 2.52. The number of hydrogen-bond acceptors (Lipinski definition) is 3. The summed E-state index contributed by atoms with van der Waals surface area (Å²) in [5.41, 5.74) is 1.60. The Labute approximate surface area is 115 Å². The lowest BCUT2D eigenvalue weighted by molar-refractivity contribution is 0.984. The van der Waals surface area contributed by atoms with Gasteiger partial charge < -0.3 is 4.90 Å². The van der Waals surface area contributed by atoms with E-state index in [2.05, 4.69) is 27.0 Å². The molecule has 0 saturated carbocycles. The average molecular weight is 302 g/mol. The molecule has 0 fully saturated rings. The standard InChI is InChI=1S/C14H12BrN3/c1-2-18(13-6-4-3-5-7-13)14-11(9-16)8-12(15)10-17-14/h3-8,10H,2H2,1H3. The van der Waals surface area contributed by atoms with Crippen molar-refractivity contribution in [3.63, 3.8) is 0 Å². The zero-order chi connectivity index (χ0) is 13.0. The smallest absolute Gasteiger partial charge is 0.150 e. The molecular weight excluding hydrogens is 290 g/mol. The third-order valence-corrected chi connectivity index (χ3v) is 3.03. The molecule has 0 unspecified atom stereocenters. The molecule has 3 nitrogen and oxygen atoms in total. The molecule has 1 aromatic heterocycles. The monoisotopic (exact) mass is 301 g/mol. The first-order valence-corrected chi connectivity index (χ1v) is 6.43. The summed E-state index contributed by atoms with van der Waals surface area (Å²) in [6.45, 7) is 2.80. The topological polar surface area (TPSA) is 39.9 Å². The SMILES string of the molecule is CCN(c1ccccc1)c1ncc(Br)cc1C#N. The van der Waals surface area contributed by atoms with Crippen molar-refractivity contribution in [2.45, 2.75) is 6.92 Å². The minimum absolute atomic E-state index is 0.565. The van der Waals surface area contributed by atoms with Gasteiger partial charge in [-0.1, -0.05) is 18.2 Å². The highest BCUT2D eigenvalue weighted by Crippen LogP contribution is 2.27. The van der Waals surface area contributed by atoms with E-state index in [4.69, 9.17) is 0 Å². The summed E-state index contributed by atoms with van der Waals surface area (Å²) < 4.78 is 0.812. The summed E-state index contributed by atoms with van der Waals surface area (Å²) in [5.74, 6) is 0.689. The molecule has 2 aromatic rings. The Bertz CT molecular complexity index is 575. The zero-order valence-electron chi connectivity index (χ0n) is 9.97. The molecule has 1 heterocycles. The molecule has 1 aromatic carbocycles. The molecule has 0 aliphatic carbocycles. The van der Waals surface area contributed by atoms with Gasteiger partial charge in [0.25, 0.3) is 0 Å². The van der Waals surface area contributed by atoms with Gasteiger partial charge in [0.05, 0.1) is 5.56 Å². The molecular formula is C14H12BrN3. The van der Waals surface area contributed by atoms with E-state index in [0.717, 1.165) is 16.7 Å². The molecule has 0 amide bonds. The summed E-state index contributed by atoms with van der Waals surface area (Å²) in [6, 6.07) is 13.9. The number of nitriles is 1. The van der Waals surface area contributed by atoms with Crippen LogP contribution in [0.3, 0.4) is 0 Å². The van der Waals surface area contributed by atoms with Gasteiger partial charge in [-0.3, -0.25) is 0 Å². The Balaban J connectivity index is 2.49. The van der Waals surface area contributed by atoms with E-state index >= 15 is 0 Å². The molecule has 0 spiro atoms. The Hall–Kier alpha value is -1.86. The van der Waals surface area contributed by atoms with E-state index < -0.39 is 0 Å². The van der Waals surface area contributed by atoms with Crippen molar-refractivity contribution in [3.8, 4) is 6.07 Å². The second-order valence-corrected chi connectivity index (χ2v) is 4.63. The highest BCUT2D eigenvalue weighted by molar-refractivity contribution is 9.10. The first-order chi connectivity index (χ1) is 8.76. The van der Waals surface area contributed by atoms with E-state index in [1.807, 2.05) is 42.2 Å². The Morgan fingerprint density at radius 3 is 2.67 bits per heavy atom. The lowest BCUT2D eigenvalue weighted by Crippen LogP contribution is -2.18. The second-order valence-electron chi connectivity index (χ2n) is 3.72. The van der Waals surface area contributed by atoms with Crippen LogP contribution in [-0.4, -0.2) is 11.5 Å². The number of anilines is 2. The molecule has 90 valence electrons. The van der Waals surface area contributed by atoms with Crippen molar-refractivity contribution in [2.24, 2.45) is 0 Å². The zero-order valence-corrected chi connectivity index (χ0v) is 11.6. The molecule has 0 radical (unpaired) electrons. The number of aromatic nitrogens is 1. The summed E-state index contributed by atoms with van der Waals surface area (Å²) in [5, 5.41) is 9.20. The van der Waals surface area contributed by atoms with Crippen LogP contribution in [0.15, 0.2) is 47.1 Å². The molecule has 0 bridgehead atoms. The van der Waals surface area contributed by atoms with Gasteiger partial charge in [-0.25, -0.2) is 4.98 Å². The van der Waals surface area contributed by atoms with E-state index in [0.29, 0.717) is 11.4 Å². The molecule has 0 N–H and O–H groups in total. The molecule has 0 aliphatic heterocycles. The highest BCUT2D eigenvalue weighted by atomic mass is 79.9. The maximum Gasteiger partial charge on any atom is 0.150 e. The average Bonchev–Trinajstić information content (AvgIpc) is 2.42. The van der Waals surface area contributed by atoms with Crippen molar-refractivity contribution in [1.29, 1.82) is 5.26 Å². The van der Waals surface area contributed by atoms with E-state index in [-0.39, 0.29) is 0 Å². The van der Waals surface area contributed by atoms with Crippen molar-refractivity contribution < 1.29 is 0 Å². The number of benzene rings is 1. The third-order valence-electron chi connectivity index (χ3n) is 2.59. The van der Waals surface area contributed by atoms with Crippen LogP contribution in [0.4, 0.5) is 11.5 Å². The lowest BCUT2D eigenvalue weighted by atomic mass is 10.2. The number of hydrogen-bond donors (Lipinski definition) is 0. The van der Waals surface area contributed by atoms with Crippen LogP contribution in [0.25, 0.3) is 0 Å². The van der Waals surface area contributed by atoms with Crippen LogP contribution in [0.2, 0.25) is 0 Å². The maximum atomic E-state index is 9.20. The highest BCUT2D eigenvalue weighted by Gasteiger charge is 2.13. The van der Waals surface area contributed by atoms with Gasteiger partial charge in [0, 0.05) is 22.9 Å². The van der Waals surface area contributed by atoms with Crippen molar-refractivity contribution in [3.05, 3.63) is 52.6 Å². The van der Waals surface area contributed by atoms with Crippen LogP contribution < -0.4 is 4.90 Å². The van der Waals surface area contributed by atoms with Crippen molar-refractivity contribution in [2.75, 3.05) is 11.4 Å². The Morgan fingerprint density at radius 2 is 2.06 bits per heavy atom. The van der Waals surface area contributed by atoms with Crippen LogP contribution >= 0.6 is 15.9 Å². The van der Waals surface area contributed by atoms with Gasteiger partial charge in [0.1, 0.15) is 6.07 Å². The first-order valence-electron chi connectivity index (χ1n) is 5.64. The van der Waals surface area contributed by atoms with Crippen molar-refractivity contribution in [1.82, 2.24) is 4.98 Å². The van der Waals surface area contributed by atoms with Gasteiger partial charge in [0.2, 0.25) is 0 Å². The van der Waals surface area contributed by atoms with E-state index in [1.165, 1.54) is 0 Å². The van der Waals surface area contributed by atoms with Gasteiger partial charge in [-0.2, -0.15) is 5.26 Å². The fourth-order valence-corrected chi connectivity index (χ4v) is 2.12. The molecule has 4 heteroatoms. The molecule has 0 aliphatic rings. The van der Waals surface area contributed by atoms with E-state index in [1.54, 1.807) is 12.3 Å². The summed E-state index contributed by atoms with van der Waals surface area (Å²) in [4.78, 5) is 6.37. The second kappa shape index (κ2) is 5.65. The largest absolute Gasteiger partial charge is 0.326 e. The van der Waals surface area contributed by atoms with E-state index in [9.17, 15) is 5.26 Å². The lowest BCUT2D eigenvalue weighted by Gasteiger charge is -2.22. The summed E-state index contributed by atoms with van der Waals surface area (Å²) in [7, 11) is 0. The maximum absolute atomic E-state index is 9.20. The van der Waals surface area contributed by atoms with Gasteiger partial charge in [-0.15, -0.1) is 0 Å². The Kier molecular flexibility index (Phi) is 3.96. The number of rotatable bonds is 3. The fraction of sp³-hybridized carbons (Fsp3) is 0.143. The molecule has 0 saturated heterocycles. The number of para-hydroxylation sites is 1. The minimum Gasteiger partial charge on any atom is -0.326 e. The predicted octanol–water partition coefficient (Wildman–Crippen LogP) is 3.87. The van der Waals surface area contributed by atoms with Crippen LogP contribution in [0.5, 0.6) is 0 Å². The van der Waals surface area contributed by atoms with Gasteiger partial charge in [0.15, 0.2) is 5.82 Å². The summed E-state index contributed by atoms with van der Waals surface area (Å²) >= 11 is 3.33. The Morgan fingerprint density at radius 1 is 1.33 bits per heavy atom. The normalized spacial score (nSPS) is 9.83. The fourth-order valence-electron chi connectivity index (χ4n) is 1.79. The van der Waals surface area contributed by atoms with Crippen LogP contribution in [-0.2, 0) is 0 Å². The minimum atomic E-state index is 0.565. The number of pyridine rings is 1. The number of nitrogens with zero attached hydrogens (tertiary/aromatic N) is 3. The molecule has 0 atom stereocenters. The first kappa shape index (κ1) is 12.6. The van der Waals surface area contributed by atoms with Crippen LogP contribution in [0.1, 0.15) is 12.5 Å². The van der Waals surface area contributed by atoms with Crippen LogP contribution in [0, 0.1) is 11.3 Å². The summed E-state index contributed by atoms with van der Waals surface area (Å²) in [6.07, 6.45) is 1.71. The number of halogens is 1. The molecule has 2 rings (SSSR count). The van der Waals surface area contributed by atoms with Gasteiger partial charge >= 0.3 is 0 Å².